The van der Waals surface area contributed by atoms with Crippen molar-refractivity contribution in [1.82, 2.24) is 4.57 Å². The molecule has 2 rings (SSSR count). The van der Waals surface area contributed by atoms with Crippen molar-refractivity contribution in [1.29, 1.82) is 0 Å². The van der Waals surface area contributed by atoms with Crippen LogP contribution in [-0.4, -0.2) is 15.6 Å². The maximum Gasteiger partial charge on any atom is 0.337 e. The third kappa shape index (κ3) is 2.38. The van der Waals surface area contributed by atoms with Crippen LogP contribution in [0.2, 0.25) is 0 Å². The molecule has 0 atom stereocenters. The molecule has 1 aromatic carbocycles. The number of nitrogens with zero attached hydrogens (tertiary/aromatic N) is 1. The Hall–Kier alpha value is -1.95. The number of carboxylic acid groups (broad SMARTS) is 1. The van der Waals surface area contributed by atoms with Crippen LogP contribution in [0.3, 0.4) is 0 Å². The second-order valence-electron chi connectivity index (χ2n) is 4.36. The maximum absolute atomic E-state index is 13.3. The highest BCUT2D eigenvalue weighted by atomic mass is 79.9. The predicted octanol–water partition coefficient (Wildman–Crippen LogP) is 3.05. The molecule has 0 saturated heterocycles. The molecule has 0 amide bonds. The molecule has 0 unspecified atom stereocenters. The molecule has 6 heteroatoms. The third-order valence-electron chi connectivity index (χ3n) is 3.03. The minimum absolute atomic E-state index is 0.0741. The first kappa shape index (κ1) is 14.5. The Morgan fingerprint density at radius 1 is 1.30 bits per heavy atom. The van der Waals surface area contributed by atoms with Gasteiger partial charge in [0.25, 0.3) is 5.56 Å². The molecule has 104 valence electrons. The smallest absolute Gasteiger partial charge is 0.337 e. The molecule has 0 aliphatic rings. The van der Waals surface area contributed by atoms with E-state index < -0.39 is 11.8 Å². The summed E-state index contributed by atoms with van der Waals surface area (Å²) in [5, 5.41) is 9.22. The van der Waals surface area contributed by atoms with E-state index in [-0.39, 0.29) is 15.6 Å². The van der Waals surface area contributed by atoms with Crippen LogP contribution in [-0.2, 0) is 0 Å². The summed E-state index contributed by atoms with van der Waals surface area (Å²) in [6, 6.07) is 5.33. The number of hydrogen-bond acceptors (Lipinski definition) is 2. The Kier molecular flexibility index (Phi) is 3.76. The number of rotatable bonds is 2. The molecule has 0 fully saturated rings. The van der Waals surface area contributed by atoms with Gasteiger partial charge in [-0.25, -0.2) is 9.18 Å². The van der Waals surface area contributed by atoms with Crippen molar-refractivity contribution < 1.29 is 14.3 Å². The topological polar surface area (TPSA) is 59.3 Å². The third-order valence-corrected chi connectivity index (χ3v) is 3.63. The first-order valence-electron chi connectivity index (χ1n) is 5.75. The van der Waals surface area contributed by atoms with Crippen LogP contribution in [0.4, 0.5) is 4.39 Å². The largest absolute Gasteiger partial charge is 0.478 e. The van der Waals surface area contributed by atoms with Crippen LogP contribution in [0.25, 0.3) is 5.69 Å². The predicted molar refractivity (Wildman–Crippen MR) is 76.1 cm³/mol. The Morgan fingerprint density at radius 2 is 1.95 bits per heavy atom. The van der Waals surface area contributed by atoms with Gasteiger partial charge in [0, 0.05) is 11.8 Å². The van der Waals surface area contributed by atoms with E-state index in [0.717, 1.165) is 0 Å². The summed E-state index contributed by atoms with van der Waals surface area (Å²) >= 11 is 3.05. The first-order chi connectivity index (χ1) is 9.32. The van der Waals surface area contributed by atoms with Gasteiger partial charge >= 0.3 is 5.97 Å². The highest BCUT2D eigenvalue weighted by Gasteiger charge is 2.17. The fourth-order valence-electron chi connectivity index (χ4n) is 2.15. The molecule has 0 aliphatic heterocycles. The van der Waals surface area contributed by atoms with Gasteiger partial charge in [0.2, 0.25) is 0 Å². The quantitative estimate of drug-likeness (QED) is 0.914. The number of carbonyl (C=O) groups is 1. The van der Waals surface area contributed by atoms with E-state index >= 15 is 0 Å². The van der Waals surface area contributed by atoms with Gasteiger partial charge < -0.3 is 5.11 Å². The lowest BCUT2D eigenvalue weighted by molar-refractivity contribution is 0.0694. The van der Waals surface area contributed by atoms with E-state index in [1.165, 1.54) is 28.8 Å². The van der Waals surface area contributed by atoms with Crippen LogP contribution in [0.15, 0.2) is 33.5 Å². The lowest BCUT2D eigenvalue weighted by Gasteiger charge is -2.14. The van der Waals surface area contributed by atoms with E-state index in [0.29, 0.717) is 16.9 Å². The van der Waals surface area contributed by atoms with Crippen LogP contribution in [0.5, 0.6) is 0 Å². The fourth-order valence-corrected chi connectivity index (χ4v) is 2.52. The summed E-state index contributed by atoms with van der Waals surface area (Å²) in [4.78, 5) is 23.4. The second-order valence-corrected chi connectivity index (χ2v) is 5.22. The summed E-state index contributed by atoms with van der Waals surface area (Å²) in [7, 11) is 0. The minimum Gasteiger partial charge on any atom is -0.478 e. The van der Waals surface area contributed by atoms with Gasteiger partial charge in [-0.05, 0) is 53.5 Å². The molecule has 20 heavy (non-hydrogen) atoms. The van der Waals surface area contributed by atoms with E-state index in [1.807, 2.05) is 0 Å². The van der Waals surface area contributed by atoms with Crippen molar-refractivity contribution in [3.63, 3.8) is 0 Å². The Bertz CT molecular complexity index is 768. The van der Waals surface area contributed by atoms with Gasteiger partial charge in [-0.2, -0.15) is 0 Å². The van der Waals surface area contributed by atoms with E-state index in [1.54, 1.807) is 13.8 Å². The molecule has 1 N–H and O–H groups in total. The number of aromatic nitrogens is 1. The Labute approximate surface area is 122 Å². The van der Waals surface area contributed by atoms with E-state index in [2.05, 4.69) is 15.9 Å². The molecular weight excluding hydrogens is 329 g/mol. The average Bonchev–Trinajstić information content (AvgIpc) is 2.32. The number of aromatic carboxylic acids is 1. The van der Waals surface area contributed by atoms with Crippen molar-refractivity contribution >= 4 is 21.9 Å². The standard InChI is InChI=1S/C14H11BrFNO3/c1-7-5-12(18)17(8(2)13(7)14(19)20)9-3-4-11(16)10(15)6-9/h3-6H,1-2H3,(H,19,20). The van der Waals surface area contributed by atoms with Gasteiger partial charge in [-0.3, -0.25) is 9.36 Å². The first-order valence-corrected chi connectivity index (χ1v) is 6.54. The van der Waals surface area contributed by atoms with Gasteiger partial charge in [0.05, 0.1) is 15.7 Å². The zero-order chi connectivity index (χ0) is 15.0. The van der Waals surface area contributed by atoms with Gasteiger partial charge in [0.15, 0.2) is 0 Å². The minimum atomic E-state index is -1.10. The second kappa shape index (κ2) is 5.20. The molecule has 4 nitrogen and oxygen atoms in total. The van der Waals surface area contributed by atoms with Gasteiger partial charge in [0.1, 0.15) is 5.82 Å². The highest BCUT2D eigenvalue weighted by molar-refractivity contribution is 9.10. The summed E-state index contributed by atoms with van der Waals surface area (Å²) in [6.45, 7) is 3.12. The molecule has 0 bridgehead atoms. The lowest BCUT2D eigenvalue weighted by Crippen LogP contribution is -2.24. The number of benzene rings is 1. The Balaban J connectivity index is 2.80. The molecule has 1 aromatic heterocycles. The summed E-state index contributed by atoms with van der Waals surface area (Å²) in [5.41, 5.74) is 0.829. The summed E-state index contributed by atoms with van der Waals surface area (Å²) in [6.07, 6.45) is 0. The van der Waals surface area contributed by atoms with Crippen molar-refractivity contribution in [2.24, 2.45) is 0 Å². The van der Waals surface area contributed by atoms with Crippen molar-refractivity contribution in [3.8, 4) is 5.69 Å². The summed E-state index contributed by atoms with van der Waals surface area (Å²) in [5.74, 6) is -1.56. The zero-order valence-corrected chi connectivity index (χ0v) is 12.4. The average molecular weight is 340 g/mol. The molecule has 0 saturated carbocycles. The van der Waals surface area contributed by atoms with Gasteiger partial charge in [-0.1, -0.05) is 0 Å². The van der Waals surface area contributed by atoms with Crippen LogP contribution < -0.4 is 5.56 Å². The molecule has 0 aliphatic carbocycles. The molecule has 0 radical (unpaired) electrons. The number of pyridine rings is 1. The van der Waals surface area contributed by atoms with E-state index in [9.17, 15) is 19.1 Å². The number of carboxylic acids is 1. The van der Waals surface area contributed by atoms with Crippen LogP contribution in [0.1, 0.15) is 21.6 Å². The van der Waals surface area contributed by atoms with Crippen LogP contribution in [0, 0.1) is 19.7 Å². The van der Waals surface area contributed by atoms with Crippen molar-refractivity contribution in [2.75, 3.05) is 0 Å². The van der Waals surface area contributed by atoms with E-state index in [4.69, 9.17) is 0 Å². The highest BCUT2D eigenvalue weighted by Crippen LogP contribution is 2.21. The zero-order valence-electron chi connectivity index (χ0n) is 10.8. The normalized spacial score (nSPS) is 10.6. The van der Waals surface area contributed by atoms with Crippen LogP contribution >= 0.6 is 15.9 Å². The lowest BCUT2D eigenvalue weighted by atomic mass is 10.1. The van der Waals surface area contributed by atoms with Crippen molar-refractivity contribution in [2.45, 2.75) is 13.8 Å². The number of halogens is 2. The molecule has 0 spiro atoms. The number of aryl methyl sites for hydroxylation is 1. The van der Waals surface area contributed by atoms with Gasteiger partial charge in [-0.15, -0.1) is 0 Å². The number of hydrogen-bond donors (Lipinski definition) is 1. The monoisotopic (exact) mass is 339 g/mol. The fraction of sp³-hybridized carbons (Fsp3) is 0.143. The SMILES string of the molecule is Cc1cc(=O)n(-c2ccc(F)c(Br)c2)c(C)c1C(=O)O. The summed E-state index contributed by atoms with van der Waals surface area (Å²) < 4.78 is 14.7. The Morgan fingerprint density at radius 3 is 2.50 bits per heavy atom. The molecule has 2 aromatic rings. The maximum atomic E-state index is 13.3. The molecule has 1 heterocycles. The molecular formula is C14H11BrFNO3. The van der Waals surface area contributed by atoms with Crippen molar-refractivity contribution in [3.05, 3.63) is 61.7 Å².